The summed E-state index contributed by atoms with van der Waals surface area (Å²) in [4.78, 5) is 0. The summed E-state index contributed by atoms with van der Waals surface area (Å²) in [5, 5.41) is 18.2. The lowest BCUT2D eigenvalue weighted by atomic mass is 9.77. The molecular weight excluding hydrogens is 191 g/mol. The SMILES string of the molecule is Cc1ccc(OCC2CC2)cc1B(O)O. The zero-order valence-corrected chi connectivity index (χ0v) is 8.81. The van der Waals surface area contributed by atoms with Gasteiger partial charge < -0.3 is 14.8 Å². The van der Waals surface area contributed by atoms with Crippen LogP contribution in [0.25, 0.3) is 0 Å². The van der Waals surface area contributed by atoms with Crippen molar-refractivity contribution in [1.29, 1.82) is 0 Å². The topological polar surface area (TPSA) is 49.7 Å². The van der Waals surface area contributed by atoms with Crippen molar-refractivity contribution in [3.05, 3.63) is 23.8 Å². The van der Waals surface area contributed by atoms with Crippen LogP contribution in [0.3, 0.4) is 0 Å². The summed E-state index contributed by atoms with van der Waals surface area (Å²) < 4.78 is 5.55. The Labute approximate surface area is 89.8 Å². The molecule has 0 unspecified atom stereocenters. The number of rotatable bonds is 4. The molecule has 1 aromatic rings. The molecule has 1 aliphatic carbocycles. The summed E-state index contributed by atoms with van der Waals surface area (Å²) >= 11 is 0. The molecule has 0 heterocycles. The van der Waals surface area contributed by atoms with E-state index in [9.17, 15) is 0 Å². The standard InChI is InChI=1S/C11H15BO3/c1-8-2-5-10(6-11(8)12(13)14)15-7-9-3-4-9/h2,5-6,9,13-14H,3-4,7H2,1H3. The van der Waals surface area contributed by atoms with E-state index in [1.165, 1.54) is 12.8 Å². The van der Waals surface area contributed by atoms with Crippen LogP contribution in [0.1, 0.15) is 18.4 Å². The van der Waals surface area contributed by atoms with Crippen LogP contribution in [-0.4, -0.2) is 23.8 Å². The fourth-order valence-electron chi connectivity index (χ4n) is 1.49. The van der Waals surface area contributed by atoms with Crippen LogP contribution in [0.15, 0.2) is 18.2 Å². The Kier molecular flexibility index (Phi) is 2.98. The van der Waals surface area contributed by atoms with Crippen molar-refractivity contribution in [1.82, 2.24) is 0 Å². The number of aryl methyl sites for hydroxylation is 1. The quantitative estimate of drug-likeness (QED) is 0.703. The molecular formula is C11H15BO3. The monoisotopic (exact) mass is 206 g/mol. The van der Waals surface area contributed by atoms with E-state index in [-0.39, 0.29) is 0 Å². The molecule has 0 bridgehead atoms. The van der Waals surface area contributed by atoms with Crippen LogP contribution < -0.4 is 10.2 Å². The molecule has 1 aliphatic rings. The van der Waals surface area contributed by atoms with E-state index in [2.05, 4.69) is 0 Å². The highest BCUT2D eigenvalue weighted by molar-refractivity contribution is 6.59. The molecule has 80 valence electrons. The third-order valence-corrected chi connectivity index (χ3v) is 2.71. The van der Waals surface area contributed by atoms with Crippen LogP contribution in [0.4, 0.5) is 0 Å². The van der Waals surface area contributed by atoms with Gasteiger partial charge in [0, 0.05) is 0 Å². The van der Waals surface area contributed by atoms with Crippen LogP contribution in [0.2, 0.25) is 0 Å². The zero-order chi connectivity index (χ0) is 10.8. The molecule has 2 rings (SSSR count). The third kappa shape index (κ3) is 2.73. The number of hydrogen-bond acceptors (Lipinski definition) is 3. The first kappa shape index (κ1) is 10.5. The molecule has 0 amide bonds. The molecule has 1 aromatic carbocycles. The lowest BCUT2D eigenvalue weighted by Crippen LogP contribution is -2.32. The van der Waals surface area contributed by atoms with Gasteiger partial charge in [-0.25, -0.2) is 0 Å². The highest BCUT2D eigenvalue weighted by atomic mass is 16.5. The lowest BCUT2D eigenvalue weighted by Gasteiger charge is -2.09. The van der Waals surface area contributed by atoms with Crippen molar-refractivity contribution in [2.75, 3.05) is 6.61 Å². The van der Waals surface area contributed by atoms with E-state index in [1.807, 2.05) is 19.1 Å². The van der Waals surface area contributed by atoms with E-state index < -0.39 is 7.12 Å². The van der Waals surface area contributed by atoms with Crippen molar-refractivity contribution in [2.24, 2.45) is 5.92 Å². The first-order chi connectivity index (χ1) is 7.16. The van der Waals surface area contributed by atoms with E-state index in [4.69, 9.17) is 14.8 Å². The van der Waals surface area contributed by atoms with Crippen LogP contribution in [0.5, 0.6) is 5.75 Å². The molecule has 1 saturated carbocycles. The van der Waals surface area contributed by atoms with Gasteiger partial charge in [-0.3, -0.25) is 0 Å². The van der Waals surface area contributed by atoms with Gasteiger partial charge in [-0.05, 0) is 43.3 Å². The molecule has 3 nitrogen and oxygen atoms in total. The van der Waals surface area contributed by atoms with Crippen molar-refractivity contribution >= 4 is 12.6 Å². The van der Waals surface area contributed by atoms with Gasteiger partial charge in [-0.2, -0.15) is 0 Å². The smallest absolute Gasteiger partial charge is 0.488 e. The molecule has 2 N–H and O–H groups in total. The number of ether oxygens (including phenoxy) is 1. The fraction of sp³-hybridized carbons (Fsp3) is 0.455. The molecule has 0 aromatic heterocycles. The second-order valence-electron chi connectivity index (χ2n) is 4.15. The maximum Gasteiger partial charge on any atom is 0.488 e. The number of benzene rings is 1. The molecule has 0 atom stereocenters. The molecule has 1 fully saturated rings. The Morgan fingerprint density at radius 3 is 2.73 bits per heavy atom. The van der Waals surface area contributed by atoms with E-state index >= 15 is 0 Å². The van der Waals surface area contributed by atoms with Gasteiger partial charge in [0.1, 0.15) is 5.75 Å². The predicted molar refractivity (Wildman–Crippen MR) is 59.2 cm³/mol. The van der Waals surface area contributed by atoms with Gasteiger partial charge in [0.15, 0.2) is 0 Å². The summed E-state index contributed by atoms with van der Waals surface area (Å²) in [6, 6.07) is 5.41. The average molecular weight is 206 g/mol. The second-order valence-corrected chi connectivity index (χ2v) is 4.15. The number of hydrogen-bond donors (Lipinski definition) is 2. The van der Waals surface area contributed by atoms with Gasteiger partial charge in [-0.1, -0.05) is 11.6 Å². The molecule has 0 spiro atoms. The Hall–Kier alpha value is -0.995. The Balaban J connectivity index is 2.06. The molecule has 0 radical (unpaired) electrons. The van der Waals surface area contributed by atoms with Crippen molar-refractivity contribution in [3.63, 3.8) is 0 Å². The van der Waals surface area contributed by atoms with Gasteiger partial charge in [0.2, 0.25) is 0 Å². The lowest BCUT2D eigenvalue weighted by molar-refractivity contribution is 0.300. The van der Waals surface area contributed by atoms with Crippen LogP contribution in [0, 0.1) is 12.8 Å². The Morgan fingerprint density at radius 1 is 1.40 bits per heavy atom. The van der Waals surface area contributed by atoms with E-state index in [0.717, 1.165) is 17.9 Å². The summed E-state index contributed by atoms with van der Waals surface area (Å²) in [5.41, 5.74) is 1.38. The summed E-state index contributed by atoms with van der Waals surface area (Å²) in [7, 11) is -1.42. The highest BCUT2D eigenvalue weighted by Gasteiger charge is 2.22. The third-order valence-electron chi connectivity index (χ3n) is 2.71. The van der Waals surface area contributed by atoms with Gasteiger partial charge in [-0.15, -0.1) is 0 Å². The second kappa shape index (κ2) is 4.25. The average Bonchev–Trinajstić information content (AvgIpc) is 3.00. The summed E-state index contributed by atoms with van der Waals surface area (Å²) in [6.07, 6.45) is 2.50. The minimum atomic E-state index is -1.42. The minimum Gasteiger partial charge on any atom is -0.493 e. The normalized spacial score (nSPS) is 15.1. The summed E-state index contributed by atoms with van der Waals surface area (Å²) in [5.74, 6) is 1.42. The Morgan fingerprint density at radius 2 is 2.13 bits per heavy atom. The molecule has 4 heteroatoms. The summed E-state index contributed by atoms with van der Waals surface area (Å²) in [6.45, 7) is 2.59. The maximum atomic E-state index is 9.12. The minimum absolute atomic E-state index is 0.517. The van der Waals surface area contributed by atoms with Crippen LogP contribution >= 0.6 is 0 Å². The molecule has 15 heavy (non-hydrogen) atoms. The van der Waals surface area contributed by atoms with Gasteiger partial charge in [0.05, 0.1) is 6.61 Å². The van der Waals surface area contributed by atoms with Crippen molar-refractivity contribution in [2.45, 2.75) is 19.8 Å². The fourth-order valence-corrected chi connectivity index (χ4v) is 1.49. The van der Waals surface area contributed by atoms with Gasteiger partial charge >= 0.3 is 7.12 Å². The first-order valence-electron chi connectivity index (χ1n) is 5.26. The predicted octanol–water partition coefficient (Wildman–Crippen LogP) is 0.464. The largest absolute Gasteiger partial charge is 0.493 e. The maximum absolute atomic E-state index is 9.12. The first-order valence-corrected chi connectivity index (χ1v) is 5.26. The molecule has 0 saturated heterocycles. The highest BCUT2D eigenvalue weighted by Crippen LogP contribution is 2.29. The van der Waals surface area contributed by atoms with E-state index in [1.54, 1.807) is 6.07 Å². The molecule has 0 aliphatic heterocycles. The zero-order valence-electron chi connectivity index (χ0n) is 8.81. The Bertz CT molecular complexity index is 348. The van der Waals surface area contributed by atoms with Crippen molar-refractivity contribution in [3.8, 4) is 5.75 Å². The van der Waals surface area contributed by atoms with Gasteiger partial charge in [0.25, 0.3) is 0 Å². The van der Waals surface area contributed by atoms with Crippen molar-refractivity contribution < 1.29 is 14.8 Å². The van der Waals surface area contributed by atoms with Crippen LogP contribution in [-0.2, 0) is 0 Å². The van der Waals surface area contributed by atoms with E-state index in [0.29, 0.717) is 11.4 Å².